The molecule has 0 aliphatic heterocycles. The lowest BCUT2D eigenvalue weighted by Crippen LogP contribution is -2.30. The van der Waals surface area contributed by atoms with Crippen LogP contribution in [0.1, 0.15) is 18.1 Å². The summed E-state index contributed by atoms with van der Waals surface area (Å²) < 4.78 is 16.2. The minimum absolute atomic E-state index is 0.306. The van der Waals surface area contributed by atoms with Gasteiger partial charge in [0.05, 0.1) is 24.9 Å². The highest BCUT2D eigenvalue weighted by molar-refractivity contribution is 6.32. The van der Waals surface area contributed by atoms with E-state index in [1.165, 1.54) is 14.2 Å². The second-order valence-corrected chi connectivity index (χ2v) is 6.11. The first-order chi connectivity index (χ1) is 11.8. The van der Waals surface area contributed by atoms with Gasteiger partial charge in [0.1, 0.15) is 17.2 Å². The van der Waals surface area contributed by atoms with Gasteiger partial charge < -0.3 is 19.5 Å². The van der Waals surface area contributed by atoms with E-state index in [0.29, 0.717) is 28.0 Å². The first-order valence-corrected chi connectivity index (χ1v) is 8.19. The topological polar surface area (TPSA) is 56.8 Å². The van der Waals surface area contributed by atoms with Crippen LogP contribution < -0.4 is 19.5 Å². The predicted molar refractivity (Wildman–Crippen MR) is 99.2 cm³/mol. The molecular weight excluding hydrogens is 342 g/mol. The number of aryl methyl sites for hydroxylation is 2. The van der Waals surface area contributed by atoms with Crippen molar-refractivity contribution >= 4 is 23.2 Å². The largest absolute Gasteiger partial charge is 0.495 e. The summed E-state index contributed by atoms with van der Waals surface area (Å²) >= 11 is 6.12. The van der Waals surface area contributed by atoms with E-state index < -0.39 is 6.10 Å². The molecule has 0 aliphatic rings. The lowest BCUT2D eigenvalue weighted by atomic mass is 10.1. The summed E-state index contributed by atoms with van der Waals surface area (Å²) in [6, 6.07) is 9.01. The third-order valence-corrected chi connectivity index (χ3v) is 4.03. The number of carbonyl (C=O) groups is 1. The second-order valence-electron chi connectivity index (χ2n) is 5.71. The standard InChI is InChI=1S/C19H22ClNO4/c1-11-6-7-16(12(2)8-11)25-13(3)19(22)21-15-9-14(20)17(23-4)10-18(15)24-5/h6-10,13H,1-5H3,(H,21,22)/t13-/m0/s1. The van der Waals surface area contributed by atoms with E-state index in [0.717, 1.165) is 11.1 Å². The van der Waals surface area contributed by atoms with Crippen LogP contribution in [-0.2, 0) is 4.79 Å². The summed E-state index contributed by atoms with van der Waals surface area (Å²) in [7, 11) is 3.02. The lowest BCUT2D eigenvalue weighted by molar-refractivity contribution is -0.122. The number of anilines is 1. The Morgan fingerprint density at radius 1 is 1.04 bits per heavy atom. The molecule has 2 aromatic rings. The smallest absolute Gasteiger partial charge is 0.265 e. The Balaban J connectivity index is 2.14. The van der Waals surface area contributed by atoms with Crippen LogP contribution in [0.2, 0.25) is 5.02 Å². The molecule has 5 nitrogen and oxygen atoms in total. The molecule has 0 unspecified atom stereocenters. The lowest BCUT2D eigenvalue weighted by Gasteiger charge is -2.18. The average Bonchev–Trinajstić information content (AvgIpc) is 2.57. The van der Waals surface area contributed by atoms with Crippen molar-refractivity contribution in [3.8, 4) is 17.2 Å². The van der Waals surface area contributed by atoms with Gasteiger partial charge >= 0.3 is 0 Å². The number of amides is 1. The maximum Gasteiger partial charge on any atom is 0.265 e. The van der Waals surface area contributed by atoms with Crippen LogP contribution >= 0.6 is 11.6 Å². The fraction of sp³-hybridized carbons (Fsp3) is 0.316. The van der Waals surface area contributed by atoms with Gasteiger partial charge in [0.15, 0.2) is 6.10 Å². The van der Waals surface area contributed by atoms with Crippen molar-refractivity contribution in [1.29, 1.82) is 0 Å². The number of hydrogen-bond donors (Lipinski definition) is 1. The summed E-state index contributed by atoms with van der Waals surface area (Å²) in [5, 5.41) is 3.15. The van der Waals surface area contributed by atoms with Crippen LogP contribution in [0.3, 0.4) is 0 Å². The Labute approximate surface area is 152 Å². The van der Waals surface area contributed by atoms with Gasteiger partial charge in [-0.3, -0.25) is 4.79 Å². The zero-order chi connectivity index (χ0) is 18.6. The number of rotatable bonds is 6. The van der Waals surface area contributed by atoms with E-state index in [4.69, 9.17) is 25.8 Å². The number of nitrogens with one attached hydrogen (secondary N) is 1. The van der Waals surface area contributed by atoms with Crippen molar-refractivity contribution in [3.05, 3.63) is 46.5 Å². The molecule has 1 amide bonds. The Morgan fingerprint density at radius 3 is 2.32 bits per heavy atom. The summed E-state index contributed by atoms with van der Waals surface area (Å²) in [5.41, 5.74) is 2.57. The fourth-order valence-electron chi connectivity index (χ4n) is 2.37. The highest BCUT2D eigenvalue weighted by Crippen LogP contribution is 2.36. The van der Waals surface area contributed by atoms with E-state index in [1.54, 1.807) is 19.1 Å². The molecule has 0 aromatic heterocycles. The maximum absolute atomic E-state index is 12.5. The third-order valence-electron chi connectivity index (χ3n) is 3.74. The molecule has 0 fully saturated rings. The highest BCUT2D eigenvalue weighted by atomic mass is 35.5. The zero-order valence-corrected chi connectivity index (χ0v) is 15.7. The quantitative estimate of drug-likeness (QED) is 0.827. The van der Waals surface area contributed by atoms with Gasteiger partial charge in [-0.05, 0) is 38.5 Å². The molecule has 1 N–H and O–H groups in total. The molecule has 25 heavy (non-hydrogen) atoms. The summed E-state index contributed by atoms with van der Waals surface area (Å²) in [5.74, 6) is 1.29. The van der Waals surface area contributed by atoms with Crippen LogP contribution in [0.15, 0.2) is 30.3 Å². The van der Waals surface area contributed by atoms with E-state index in [1.807, 2.05) is 32.0 Å². The van der Waals surface area contributed by atoms with Gasteiger partial charge in [0.25, 0.3) is 5.91 Å². The molecular formula is C19H22ClNO4. The minimum atomic E-state index is -0.688. The molecule has 6 heteroatoms. The highest BCUT2D eigenvalue weighted by Gasteiger charge is 2.19. The molecule has 0 heterocycles. The van der Waals surface area contributed by atoms with Crippen LogP contribution in [0, 0.1) is 13.8 Å². The summed E-state index contributed by atoms with van der Waals surface area (Å²) in [4.78, 5) is 12.5. The van der Waals surface area contributed by atoms with Crippen molar-refractivity contribution < 1.29 is 19.0 Å². The van der Waals surface area contributed by atoms with Gasteiger partial charge in [-0.25, -0.2) is 0 Å². The maximum atomic E-state index is 12.5. The SMILES string of the molecule is COc1cc(OC)c(NC(=O)[C@H](C)Oc2ccc(C)cc2C)cc1Cl. The van der Waals surface area contributed by atoms with Crippen LogP contribution in [0.5, 0.6) is 17.2 Å². The van der Waals surface area contributed by atoms with Gasteiger partial charge in [0, 0.05) is 6.07 Å². The van der Waals surface area contributed by atoms with E-state index in [2.05, 4.69) is 5.32 Å². The van der Waals surface area contributed by atoms with Gasteiger partial charge in [-0.2, -0.15) is 0 Å². The van der Waals surface area contributed by atoms with Crippen LogP contribution in [0.4, 0.5) is 5.69 Å². The van der Waals surface area contributed by atoms with Gasteiger partial charge in [-0.15, -0.1) is 0 Å². The molecule has 0 saturated carbocycles. The number of methoxy groups -OCH3 is 2. The molecule has 134 valence electrons. The van der Waals surface area contributed by atoms with Crippen molar-refractivity contribution in [2.45, 2.75) is 26.9 Å². The Hall–Kier alpha value is -2.40. The normalized spacial score (nSPS) is 11.6. The first-order valence-electron chi connectivity index (χ1n) is 7.82. The number of halogens is 1. The van der Waals surface area contributed by atoms with E-state index in [-0.39, 0.29) is 5.91 Å². The number of benzene rings is 2. The van der Waals surface area contributed by atoms with Gasteiger partial charge in [0.2, 0.25) is 0 Å². The fourth-order valence-corrected chi connectivity index (χ4v) is 2.61. The molecule has 0 spiro atoms. The van der Waals surface area contributed by atoms with E-state index in [9.17, 15) is 4.79 Å². The monoisotopic (exact) mass is 363 g/mol. The minimum Gasteiger partial charge on any atom is -0.495 e. The number of hydrogen-bond acceptors (Lipinski definition) is 4. The first kappa shape index (κ1) is 18.9. The number of carbonyl (C=O) groups excluding carboxylic acids is 1. The molecule has 0 saturated heterocycles. The third kappa shape index (κ3) is 4.57. The summed E-state index contributed by atoms with van der Waals surface area (Å²) in [6.45, 7) is 5.64. The van der Waals surface area contributed by atoms with E-state index >= 15 is 0 Å². The molecule has 0 radical (unpaired) electrons. The molecule has 0 aliphatic carbocycles. The molecule has 2 rings (SSSR count). The van der Waals surface area contributed by atoms with Crippen LogP contribution in [-0.4, -0.2) is 26.2 Å². The Bertz CT molecular complexity index is 776. The number of ether oxygens (including phenoxy) is 3. The van der Waals surface area contributed by atoms with Crippen molar-refractivity contribution in [2.24, 2.45) is 0 Å². The Morgan fingerprint density at radius 2 is 1.72 bits per heavy atom. The molecule has 1 atom stereocenters. The molecule has 0 bridgehead atoms. The Kier molecular flexibility index (Phi) is 6.15. The van der Waals surface area contributed by atoms with Crippen molar-refractivity contribution in [1.82, 2.24) is 0 Å². The predicted octanol–water partition coefficient (Wildman–Crippen LogP) is 4.38. The second kappa shape index (κ2) is 8.12. The van der Waals surface area contributed by atoms with Crippen molar-refractivity contribution in [3.63, 3.8) is 0 Å². The summed E-state index contributed by atoms with van der Waals surface area (Å²) in [6.07, 6.45) is -0.688. The molecule has 2 aromatic carbocycles. The van der Waals surface area contributed by atoms with Gasteiger partial charge in [-0.1, -0.05) is 29.3 Å². The van der Waals surface area contributed by atoms with Crippen LogP contribution in [0.25, 0.3) is 0 Å². The zero-order valence-electron chi connectivity index (χ0n) is 15.0. The average molecular weight is 364 g/mol. The van der Waals surface area contributed by atoms with Crippen molar-refractivity contribution in [2.75, 3.05) is 19.5 Å².